The lowest BCUT2D eigenvalue weighted by atomic mass is 10.2. The number of hydrogen-bond acceptors (Lipinski definition) is 4. The van der Waals surface area contributed by atoms with Crippen LogP contribution in [0.4, 0.5) is 10.5 Å². The zero-order valence-corrected chi connectivity index (χ0v) is 7.27. The lowest BCUT2D eigenvalue weighted by Gasteiger charge is -2.24. The highest BCUT2D eigenvalue weighted by Crippen LogP contribution is 2.22. The minimum atomic E-state index is -0.137. The first kappa shape index (κ1) is 7.43. The quantitative estimate of drug-likeness (QED) is 0.628. The summed E-state index contributed by atoms with van der Waals surface area (Å²) in [4.78, 5) is 17.3. The van der Waals surface area contributed by atoms with Gasteiger partial charge in [-0.1, -0.05) is 0 Å². The normalized spacial score (nSPS) is 18.4. The van der Waals surface area contributed by atoms with E-state index in [4.69, 9.17) is 0 Å². The zero-order chi connectivity index (χ0) is 9.54. The van der Waals surface area contributed by atoms with Crippen LogP contribution < -0.4 is 5.32 Å². The number of nitrogens with one attached hydrogen (secondary N) is 1. The number of nitrogens with zero attached hydrogens (tertiary/aromatic N) is 4. The largest absolute Gasteiger partial charge is 0.327 e. The second-order valence-electron chi connectivity index (χ2n) is 3.08. The minimum Gasteiger partial charge on any atom is -0.305 e. The monoisotopic (exact) mass is 189 g/mol. The molecule has 0 saturated heterocycles. The topological polar surface area (TPSA) is 70.5 Å². The van der Waals surface area contributed by atoms with Crippen molar-refractivity contribution in [3.05, 3.63) is 18.0 Å². The Morgan fingerprint density at radius 3 is 3.36 bits per heavy atom. The second-order valence-corrected chi connectivity index (χ2v) is 3.08. The smallest absolute Gasteiger partial charge is 0.305 e. The van der Waals surface area contributed by atoms with Crippen LogP contribution in [0, 0.1) is 0 Å². The summed E-state index contributed by atoms with van der Waals surface area (Å²) >= 11 is 0. The van der Waals surface area contributed by atoms with Crippen LogP contribution in [0.1, 0.15) is 5.69 Å². The Morgan fingerprint density at radius 2 is 2.43 bits per heavy atom. The standard InChI is InChI=1S/C8H7N5O/c14-8-11-5-1-2-10-12-6(5)7-9-3-4-13(7)8/h1-2H,3-4H2,(H,11,14). The third-order valence-electron chi connectivity index (χ3n) is 2.26. The van der Waals surface area contributed by atoms with E-state index < -0.39 is 0 Å². The van der Waals surface area contributed by atoms with E-state index in [-0.39, 0.29) is 6.03 Å². The third-order valence-corrected chi connectivity index (χ3v) is 2.26. The zero-order valence-electron chi connectivity index (χ0n) is 7.27. The molecule has 6 nitrogen and oxygen atoms in total. The van der Waals surface area contributed by atoms with E-state index in [2.05, 4.69) is 20.5 Å². The molecule has 6 heteroatoms. The molecule has 0 atom stereocenters. The van der Waals surface area contributed by atoms with Crippen molar-refractivity contribution >= 4 is 17.6 Å². The van der Waals surface area contributed by atoms with Crippen LogP contribution in [0.25, 0.3) is 0 Å². The molecule has 0 radical (unpaired) electrons. The summed E-state index contributed by atoms with van der Waals surface area (Å²) in [6.45, 7) is 1.26. The molecule has 0 saturated carbocycles. The van der Waals surface area contributed by atoms with Gasteiger partial charge in [-0.15, -0.1) is 5.10 Å². The molecular weight excluding hydrogens is 182 g/mol. The van der Waals surface area contributed by atoms with Crippen LogP contribution in [0.15, 0.2) is 17.3 Å². The van der Waals surface area contributed by atoms with Gasteiger partial charge in [-0.25, -0.2) is 4.79 Å². The van der Waals surface area contributed by atoms with Gasteiger partial charge in [0, 0.05) is 6.54 Å². The first-order valence-electron chi connectivity index (χ1n) is 4.31. The Hall–Kier alpha value is -1.98. The third kappa shape index (κ3) is 0.847. The molecule has 2 amide bonds. The van der Waals surface area contributed by atoms with Gasteiger partial charge < -0.3 is 5.32 Å². The highest BCUT2D eigenvalue weighted by molar-refractivity contribution is 6.17. The van der Waals surface area contributed by atoms with E-state index >= 15 is 0 Å². The predicted molar refractivity (Wildman–Crippen MR) is 49.2 cm³/mol. The molecule has 1 aromatic rings. The lowest BCUT2D eigenvalue weighted by Crippen LogP contribution is -2.43. The molecule has 2 aliphatic rings. The van der Waals surface area contributed by atoms with Gasteiger partial charge in [0.05, 0.1) is 18.4 Å². The summed E-state index contributed by atoms with van der Waals surface area (Å²) < 4.78 is 0. The number of anilines is 1. The van der Waals surface area contributed by atoms with E-state index in [0.29, 0.717) is 30.3 Å². The predicted octanol–water partition coefficient (Wildman–Crippen LogP) is 0.0843. The van der Waals surface area contributed by atoms with Gasteiger partial charge >= 0.3 is 6.03 Å². The number of hydrogen-bond donors (Lipinski definition) is 1. The molecule has 0 aliphatic carbocycles. The number of urea groups is 1. The summed E-state index contributed by atoms with van der Waals surface area (Å²) in [7, 11) is 0. The van der Waals surface area contributed by atoms with Gasteiger partial charge in [-0.05, 0) is 6.07 Å². The van der Waals surface area contributed by atoms with Crippen LogP contribution in [0.2, 0.25) is 0 Å². The summed E-state index contributed by atoms with van der Waals surface area (Å²) in [6, 6.07) is 1.58. The molecule has 1 aromatic heterocycles. The average molecular weight is 189 g/mol. The lowest BCUT2D eigenvalue weighted by molar-refractivity contribution is 0.235. The molecule has 2 aliphatic heterocycles. The van der Waals surface area contributed by atoms with Gasteiger partial charge in [-0.2, -0.15) is 5.10 Å². The molecule has 14 heavy (non-hydrogen) atoms. The molecule has 3 heterocycles. The molecule has 1 N–H and O–H groups in total. The Labute approximate surface area is 79.7 Å². The first-order valence-corrected chi connectivity index (χ1v) is 4.31. The van der Waals surface area contributed by atoms with E-state index in [9.17, 15) is 4.79 Å². The Morgan fingerprint density at radius 1 is 1.50 bits per heavy atom. The Balaban J connectivity index is 2.20. The molecule has 70 valence electrons. The fourth-order valence-corrected chi connectivity index (χ4v) is 1.63. The number of amides is 2. The summed E-state index contributed by atoms with van der Waals surface area (Å²) in [6.07, 6.45) is 1.55. The first-order chi connectivity index (χ1) is 6.86. The Bertz CT molecular complexity index is 441. The number of rotatable bonds is 0. The van der Waals surface area contributed by atoms with E-state index in [0.717, 1.165) is 0 Å². The molecule has 0 unspecified atom stereocenters. The maximum Gasteiger partial charge on any atom is 0.327 e. The van der Waals surface area contributed by atoms with Gasteiger partial charge in [0.25, 0.3) is 0 Å². The van der Waals surface area contributed by atoms with Gasteiger partial charge in [0.2, 0.25) is 0 Å². The summed E-state index contributed by atoms with van der Waals surface area (Å²) in [5.74, 6) is 0.636. The van der Waals surface area contributed by atoms with Crippen LogP contribution in [-0.4, -0.2) is 40.1 Å². The van der Waals surface area contributed by atoms with E-state index in [1.807, 2.05) is 0 Å². The molecule has 0 fully saturated rings. The second kappa shape index (κ2) is 2.50. The van der Waals surface area contributed by atoms with Crippen molar-refractivity contribution in [3.8, 4) is 0 Å². The number of amidine groups is 1. The van der Waals surface area contributed by atoms with Crippen molar-refractivity contribution < 1.29 is 4.79 Å². The maximum absolute atomic E-state index is 11.5. The molecule has 0 spiro atoms. The van der Waals surface area contributed by atoms with Gasteiger partial charge in [0.15, 0.2) is 11.5 Å². The number of carbonyl (C=O) groups is 1. The Kier molecular flexibility index (Phi) is 1.33. The molecule has 3 rings (SSSR count). The minimum absolute atomic E-state index is 0.137. The van der Waals surface area contributed by atoms with Crippen molar-refractivity contribution in [2.24, 2.45) is 4.99 Å². The fourth-order valence-electron chi connectivity index (χ4n) is 1.63. The number of carbonyl (C=O) groups excluding carboxylic acids is 1. The van der Waals surface area contributed by atoms with Gasteiger partial charge in [-0.3, -0.25) is 9.89 Å². The van der Waals surface area contributed by atoms with Gasteiger partial charge in [0.1, 0.15) is 0 Å². The van der Waals surface area contributed by atoms with E-state index in [1.165, 1.54) is 0 Å². The van der Waals surface area contributed by atoms with E-state index in [1.54, 1.807) is 17.2 Å². The SMILES string of the molecule is O=C1Nc2ccnnc2C2=NCCN12. The number of aromatic nitrogens is 2. The fraction of sp³-hybridized carbons (Fsp3) is 0.250. The molecule has 0 aromatic carbocycles. The van der Waals surface area contributed by atoms with Crippen LogP contribution >= 0.6 is 0 Å². The van der Waals surface area contributed by atoms with Crippen molar-refractivity contribution in [2.75, 3.05) is 18.4 Å². The summed E-state index contributed by atoms with van der Waals surface area (Å²) in [5, 5.41) is 10.5. The molecule has 0 bridgehead atoms. The van der Waals surface area contributed by atoms with Crippen molar-refractivity contribution in [3.63, 3.8) is 0 Å². The highest BCUT2D eigenvalue weighted by atomic mass is 16.2. The average Bonchev–Trinajstić information content (AvgIpc) is 2.67. The molecular formula is C8H7N5O. The number of fused-ring (bicyclic) bond motifs is 3. The van der Waals surface area contributed by atoms with Crippen LogP contribution in [-0.2, 0) is 0 Å². The van der Waals surface area contributed by atoms with Crippen molar-refractivity contribution in [1.29, 1.82) is 0 Å². The highest BCUT2D eigenvalue weighted by Gasteiger charge is 2.32. The van der Waals surface area contributed by atoms with Crippen molar-refractivity contribution in [1.82, 2.24) is 15.1 Å². The summed E-state index contributed by atoms with van der Waals surface area (Å²) in [5.41, 5.74) is 1.34. The number of aliphatic imine (C=N–C) groups is 1. The maximum atomic E-state index is 11.5. The van der Waals surface area contributed by atoms with Crippen LogP contribution in [0.3, 0.4) is 0 Å². The van der Waals surface area contributed by atoms with Crippen LogP contribution in [0.5, 0.6) is 0 Å². The van der Waals surface area contributed by atoms with Crippen molar-refractivity contribution in [2.45, 2.75) is 0 Å².